The first-order valence-electron chi connectivity index (χ1n) is 5.40. The first kappa shape index (κ1) is 11.1. The maximum atomic E-state index is 11.6. The summed E-state index contributed by atoms with van der Waals surface area (Å²) in [5.41, 5.74) is 2.53. The van der Waals surface area contributed by atoms with Crippen molar-refractivity contribution in [1.29, 1.82) is 0 Å². The molecule has 0 aromatic heterocycles. The Hall–Kier alpha value is -1.43. The lowest BCUT2D eigenvalue weighted by Gasteiger charge is -2.15. The Morgan fingerprint density at radius 1 is 1.50 bits per heavy atom. The van der Waals surface area contributed by atoms with E-state index in [2.05, 4.69) is 15.8 Å². The van der Waals surface area contributed by atoms with Crippen LogP contribution in [0.4, 0.5) is 0 Å². The second-order valence-electron chi connectivity index (χ2n) is 4.43. The highest BCUT2D eigenvalue weighted by atomic mass is 16.3. The normalized spacial score (nSPS) is 22.1. The van der Waals surface area contributed by atoms with E-state index in [0.29, 0.717) is 25.1 Å². The molecule has 16 heavy (non-hydrogen) atoms. The van der Waals surface area contributed by atoms with Crippen molar-refractivity contribution in [2.24, 2.45) is 10.5 Å². The van der Waals surface area contributed by atoms with Gasteiger partial charge in [-0.3, -0.25) is 9.59 Å². The van der Waals surface area contributed by atoms with Gasteiger partial charge in [-0.2, -0.15) is 5.10 Å². The summed E-state index contributed by atoms with van der Waals surface area (Å²) in [6.07, 6.45) is 2.58. The summed E-state index contributed by atoms with van der Waals surface area (Å²) in [6.45, 7) is 0.589. The predicted molar refractivity (Wildman–Crippen MR) is 56.6 cm³/mol. The molecule has 6 nitrogen and oxygen atoms in total. The van der Waals surface area contributed by atoms with Crippen LogP contribution in [0, 0.1) is 5.41 Å². The zero-order valence-electron chi connectivity index (χ0n) is 8.95. The van der Waals surface area contributed by atoms with Crippen LogP contribution < -0.4 is 10.7 Å². The summed E-state index contributed by atoms with van der Waals surface area (Å²) in [6, 6.07) is 0. The highest BCUT2D eigenvalue weighted by molar-refractivity contribution is 6.39. The second kappa shape index (κ2) is 4.21. The number of aliphatic hydroxyl groups is 1. The molecule has 0 spiro atoms. The molecule has 0 radical (unpaired) electrons. The Morgan fingerprint density at radius 3 is 2.75 bits per heavy atom. The Bertz CT molecular complexity index is 347. The van der Waals surface area contributed by atoms with Gasteiger partial charge in [-0.15, -0.1) is 0 Å². The molecule has 1 aliphatic carbocycles. The van der Waals surface area contributed by atoms with Crippen molar-refractivity contribution in [3.63, 3.8) is 0 Å². The van der Waals surface area contributed by atoms with Crippen molar-refractivity contribution >= 4 is 17.5 Å². The van der Waals surface area contributed by atoms with E-state index in [4.69, 9.17) is 5.11 Å². The number of nitrogens with one attached hydrogen (secondary N) is 2. The fourth-order valence-corrected chi connectivity index (χ4v) is 1.58. The molecule has 2 amide bonds. The first-order valence-corrected chi connectivity index (χ1v) is 5.40. The van der Waals surface area contributed by atoms with Crippen LogP contribution in [0.1, 0.15) is 25.7 Å². The number of hydrazone groups is 1. The molecule has 1 saturated carbocycles. The van der Waals surface area contributed by atoms with Gasteiger partial charge in [0.2, 0.25) is 5.91 Å². The third-order valence-electron chi connectivity index (χ3n) is 3.08. The fraction of sp³-hybridized carbons (Fsp3) is 0.700. The zero-order chi connectivity index (χ0) is 11.6. The molecule has 2 rings (SSSR count). The zero-order valence-corrected chi connectivity index (χ0v) is 8.95. The summed E-state index contributed by atoms with van der Waals surface area (Å²) in [7, 11) is 0. The van der Waals surface area contributed by atoms with Crippen LogP contribution >= 0.6 is 0 Å². The van der Waals surface area contributed by atoms with Gasteiger partial charge in [-0.05, 0) is 12.8 Å². The molecule has 1 aliphatic heterocycles. The van der Waals surface area contributed by atoms with E-state index < -0.39 is 0 Å². The molecule has 0 bridgehead atoms. The van der Waals surface area contributed by atoms with Crippen LogP contribution in [0.15, 0.2) is 5.10 Å². The summed E-state index contributed by atoms with van der Waals surface area (Å²) in [5.74, 6) is -0.412. The average molecular weight is 225 g/mol. The third-order valence-corrected chi connectivity index (χ3v) is 3.08. The standard InChI is InChI=1S/C10H15N3O3/c14-6-10(3-4-10)5-11-9(16)7-1-2-8(15)13-12-7/h14H,1-6H2,(H,11,16)(H,13,15). The molecular formula is C10H15N3O3. The van der Waals surface area contributed by atoms with Crippen molar-refractivity contribution < 1.29 is 14.7 Å². The Morgan fingerprint density at radius 2 is 2.25 bits per heavy atom. The van der Waals surface area contributed by atoms with Gasteiger partial charge in [0.25, 0.3) is 5.91 Å². The molecule has 0 aromatic rings. The average Bonchev–Trinajstić information content (AvgIpc) is 3.08. The van der Waals surface area contributed by atoms with Gasteiger partial charge in [0.15, 0.2) is 0 Å². The van der Waals surface area contributed by atoms with Crippen molar-refractivity contribution in [2.75, 3.05) is 13.2 Å². The molecule has 2 aliphatic rings. The molecule has 0 unspecified atom stereocenters. The molecule has 0 saturated heterocycles. The summed E-state index contributed by atoms with van der Waals surface area (Å²) in [5, 5.41) is 15.5. The maximum absolute atomic E-state index is 11.6. The van der Waals surface area contributed by atoms with Crippen molar-refractivity contribution in [3.05, 3.63) is 0 Å². The highest BCUT2D eigenvalue weighted by Gasteiger charge is 2.42. The minimum atomic E-state index is -0.250. The number of carbonyl (C=O) groups is 2. The highest BCUT2D eigenvalue weighted by Crippen LogP contribution is 2.44. The molecule has 6 heteroatoms. The molecule has 1 fully saturated rings. The minimum absolute atomic E-state index is 0.103. The van der Waals surface area contributed by atoms with Crippen LogP contribution in [-0.2, 0) is 9.59 Å². The molecule has 88 valence electrons. The van der Waals surface area contributed by atoms with E-state index >= 15 is 0 Å². The number of hydrogen-bond donors (Lipinski definition) is 3. The van der Waals surface area contributed by atoms with Gasteiger partial charge in [0, 0.05) is 24.8 Å². The maximum Gasteiger partial charge on any atom is 0.267 e. The van der Waals surface area contributed by atoms with Crippen molar-refractivity contribution in [2.45, 2.75) is 25.7 Å². The number of aliphatic hydroxyl groups excluding tert-OH is 1. The van der Waals surface area contributed by atoms with Crippen LogP contribution in [0.5, 0.6) is 0 Å². The van der Waals surface area contributed by atoms with E-state index in [1.807, 2.05) is 0 Å². The number of nitrogens with zero attached hydrogens (tertiary/aromatic N) is 1. The Kier molecular flexibility index (Phi) is 2.91. The molecule has 0 aromatic carbocycles. The largest absolute Gasteiger partial charge is 0.396 e. The Labute approximate surface area is 93.1 Å². The molecule has 1 heterocycles. The Balaban J connectivity index is 1.82. The van der Waals surface area contributed by atoms with Gasteiger partial charge in [-0.25, -0.2) is 5.43 Å². The number of amides is 2. The van der Waals surface area contributed by atoms with Gasteiger partial charge >= 0.3 is 0 Å². The molecular weight excluding hydrogens is 210 g/mol. The topological polar surface area (TPSA) is 90.8 Å². The monoisotopic (exact) mass is 225 g/mol. The van der Waals surface area contributed by atoms with Crippen LogP contribution in [0.25, 0.3) is 0 Å². The number of rotatable bonds is 4. The van der Waals surface area contributed by atoms with Gasteiger partial charge in [-0.1, -0.05) is 0 Å². The van der Waals surface area contributed by atoms with Crippen LogP contribution in [-0.4, -0.2) is 35.8 Å². The van der Waals surface area contributed by atoms with Crippen molar-refractivity contribution in [3.8, 4) is 0 Å². The molecule has 0 atom stereocenters. The van der Waals surface area contributed by atoms with E-state index in [0.717, 1.165) is 12.8 Å². The van der Waals surface area contributed by atoms with E-state index in [1.165, 1.54) is 0 Å². The third kappa shape index (κ3) is 2.38. The summed E-state index contributed by atoms with van der Waals surface area (Å²) in [4.78, 5) is 22.4. The first-order chi connectivity index (χ1) is 7.65. The fourth-order valence-electron chi connectivity index (χ4n) is 1.58. The van der Waals surface area contributed by atoms with Crippen LogP contribution in [0.3, 0.4) is 0 Å². The van der Waals surface area contributed by atoms with E-state index in [1.54, 1.807) is 0 Å². The SMILES string of the molecule is O=C1CCC(C(=O)NCC2(CO)CC2)=NN1. The lowest BCUT2D eigenvalue weighted by molar-refractivity contribution is -0.121. The number of carbonyl (C=O) groups excluding carboxylic acids is 2. The minimum Gasteiger partial charge on any atom is -0.396 e. The van der Waals surface area contributed by atoms with E-state index in [9.17, 15) is 9.59 Å². The second-order valence-corrected chi connectivity index (χ2v) is 4.43. The smallest absolute Gasteiger partial charge is 0.267 e. The lowest BCUT2D eigenvalue weighted by Crippen LogP contribution is -2.39. The summed E-state index contributed by atoms with van der Waals surface area (Å²) >= 11 is 0. The van der Waals surface area contributed by atoms with Gasteiger partial charge in [0.05, 0.1) is 6.61 Å². The lowest BCUT2D eigenvalue weighted by atomic mass is 10.1. The van der Waals surface area contributed by atoms with Crippen molar-refractivity contribution in [1.82, 2.24) is 10.7 Å². The van der Waals surface area contributed by atoms with Gasteiger partial charge < -0.3 is 10.4 Å². The molecule has 3 N–H and O–H groups in total. The van der Waals surface area contributed by atoms with E-state index in [-0.39, 0.29) is 23.8 Å². The van der Waals surface area contributed by atoms with Crippen LogP contribution in [0.2, 0.25) is 0 Å². The number of hydrogen-bond acceptors (Lipinski definition) is 4. The van der Waals surface area contributed by atoms with Gasteiger partial charge in [0.1, 0.15) is 5.71 Å². The predicted octanol–water partition coefficient (Wildman–Crippen LogP) is -0.859. The summed E-state index contributed by atoms with van der Waals surface area (Å²) < 4.78 is 0. The quantitative estimate of drug-likeness (QED) is 0.581.